The Morgan fingerprint density at radius 3 is 2.78 bits per heavy atom. The zero-order valence-corrected chi connectivity index (χ0v) is 18.7. The lowest BCUT2D eigenvalue weighted by atomic mass is 9.86. The standard InChI is InChI=1S/C23H28N6O3/c1-5-23(3)9-11-29(21(23)30)22(31)28-20-7-6-19(15(2)27-20)32-17-8-10-26-18(12-17)16(13-24)14-25-4/h6-8,10,12-14,24-25H,5,9,11H2,1-4H3,(H,27,28,31)/b16-14+,24-13?. The minimum atomic E-state index is -0.484. The molecule has 3 N–H and O–H groups in total. The number of ether oxygens (including phenoxy) is 1. The summed E-state index contributed by atoms with van der Waals surface area (Å²) in [6.07, 6.45) is 5.85. The van der Waals surface area contributed by atoms with Gasteiger partial charge in [0.2, 0.25) is 5.91 Å². The zero-order valence-electron chi connectivity index (χ0n) is 18.7. The van der Waals surface area contributed by atoms with Gasteiger partial charge >= 0.3 is 6.03 Å². The average Bonchev–Trinajstić information content (AvgIpc) is 3.09. The minimum Gasteiger partial charge on any atom is -0.455 e. The topological polar surface area (TPSA) is 120 Å². The van der Waals surface area contributed by atoms with E-state index in [0.29, 0.717) is 53.7 Å². The van der Waals surface area contributed by atoms with Gasteiger partial charge in [0.15, 0.2) is 0 Å². The maximum Gasteiger partial charge on any atom is 0.329 e. The maximum atomic E-state index is 12.6. The predicted molar refractivity (Wildman–Crippen MR) is 123 cm³/mol. The third-order valence-electron chi connectivity index (χ3n) is 5.66. The molecule has 0 bridgehead atoms. The average molecular weight is 437 g/mol. The van der Waals surface area contributed by atoms with Crippen molar-refractivity contribution < 1.29 is 14.3 Å². The van der Waals surface area contributed by atoms with Crippen LogP contribution in [0.5, 0.6) is 11.5 Å². The summed E-state index contributed by atoms with van der Waals surface area (Å²) in [6.45, 7) is 6.02. The van der Waals surface area contributed by atoms with Crippen molar-refractivity contribution in [1.82, 2.24) is 20.2 Å². The molecule has 9 heteroatoms. The molecule has 0 spiro atoms. The molecule has 3 amide bonds. The lowest BCUT2D eigenvalue weighted by molar-refractivity contribution is -0.132. The van der Waals surface area contributed by atoms with Crippen LogP contribution >= 0.6 is 0 Å². The van der Waals surface area contributed by atoms with E-state index in [4.69, 9.17) is 10.1 Å². The van der Waals surface area contributed by atoms with Crippen LogP contribution in [-0.4, -0.2) is 46.6 Å². The van der Waals surface area contributed by atoms with Crippen LogP contribution in [0.4, 0.5) is 10.6 Å². The van der Waals surface area contributed by atoms with E-state index in [1.54, 1.807) is 50.6 Å². The minimum absolute atomic E-state index is 0.153. The first-order valence-electron chi connectivity index (χ1n) is 10.4. The molecule has 168 valence electrons. The van der Waals surface area contributed by atoms with E-state index in [1.807, 2.05) is 13.8 Å². The van der Waals surface area contributed by atoms with Gasteiger partial charge in [0.1, 0.15) is 17.3 Å². The Morgan fingerprint density at radius 1 is 1.38 bits per heavy atom. The molecular weight excluding hydrogens is 408 g/mol. The van der Waals surface area contributed by atoms with Crippen molar-refractivity contribution in [2.24, 2.45) is 5.41 Å². The Bertz CT molecular complexity index is 1070. The van der Waals surface area contributed by atoms with Crippen LogP contribution in [0.15, 0.2) is 36.7 Å². The highest BCUT2D eigenvalue weighted by Crippen LogP contribution is 2.35. The molecule has 1 unspecified atom stereocenters. The molecule has 1 aliphatic rings. The summed E-state index contributed by atoms with van der Waals surface area (Å²) < 4.78 is 5.94. The van der Waals surface area contributed by atoms with Crippen LogP contribution < -0.4 is 15.4 Å². The number of nitrogens with zero attached hydrogens (tertiary/aromatic N) is 3. The van der Waals surface area contributed by atoms with E-state index in [1.165, 1.54) is 11.1 Å². The number of likely N-dealkylation sites (tertiary alicyclic amines) is 1. The number of rotatable bonds is 7. The normalized spacial score (nSPS) is 18.4. The Hall–Kier alpha value is -3.75. The molecule has 32 heavy (non-hydrogen) atoms. The van der Waals surface area contributed by atoms with E-state index in [2.05, 4.69) is 20.6 Å². The number of urea groups is 1. The largest absolute Gasteiger partial charge is 0.455 e. The van der Waals surface area contributed by atoms with E-state index < -0.39 is 11.4 Å². The second-order valence-corrected chi connectivity index (χ2v) is 7.84. The fourth-order valence-corrected chi connectivity index (χ4v) is 3.42. The molecule has 2 aromatic heterocycles. The molecule has 1 fully saturated rings. The zero-order chi connectivity index (χ0) is 23.3. The second-order valence-electron chi connectivity index (χ2n) is 7.84. The summed E-state index contributed by atoms with van der Waals surface area (Å²) in [5.41, 5.74) is 1.30. The Balaban J connectivity index is 1.71. The Morgan fingerprint density at radius 2 is 2.16 bits per heavy atom. The highest BCUT2D eigenvalue weighted by molar-refractivity contribution is 6.07. The fourth-order valence-electron chi connectivity index (χ4n) is 3.42. The number of imide groups is 1. The van der Waals surface area contributed by atoms with Gasteiger partial charge in [0, 0.05) is 49.3 Å². The van der Waals surface area contributed by atoms with Crippen molar-refractivity contribution >= 4 is 29.5 Å². The number of pyridine rings is 2. The number of aryl methyl sites for hydroxylation is 1. The molecule has 1 atom stereocenters. The molecule has 0 saturated carbocycles. The first-order chi connectivity index (χ1) is 15.3. The lowest BCUT2D eigenvalue weighted by Gasteiger charge is -2.21. The van der Waals surface area contributed by atoms with Crippen LogP contribution in [0.1, 0.15) is 38.1 Å². The molecule has 3 rings (SSSR count). The highest BCUT2D eigenvalue weighted by atomic mass is 16.5. The van der Waals surface area contributed by atoms with Gasteiger partial charge in [-0.05, 0) is 38.0 Å². The van der Waals surface area contributed by atoms with E-state index in [-0.39, 0.29) is 5.91 Å². The van der Waals surface area contributed by atoms with Crippen molar-refractivity contribution in [3.05, 3.63) is 48.1 Å². The molecule has 1 saturated heterocycles. The number of aromatic nitrogens is 2. The van der Waals surface area contributed by atoms with Gasteiger partial charge in [0.05, 0.1) is 11.4 Å². The molecule has 0 radical (unpaired) electrons. The van der Waals surface area contributed by atoms with Gasteiger partial charge < -0.3 is 15.5 Å². The molecule has 3 heterocycles. The van der Waals surface area contributed by atoms with Crippen molar-refractivity contribution in [2.45, 2.75) is 33.6 Å². The van der Waals surface area contributed by atoms with Crippen LogP contribution in [0.25, 0.3) is 5.57 Å². The van der Waals surface area contributed by atoms with Crippen molar-refractivity contribution in [3.8, 4) is 11.5 Å². The Kier molecular flexibility index (Phi) is 6.87. The summed E-state index contributed by atoms with van der Waals surface area (Å²) in [6, 6.07) is 6.31. The molecule has 9 nitrogen and oxygen atoms in total. The van der Waals surface area contributed by atoms with Gasteiger partial charge in [-0.1, -0.05) is 13.8 Å². The van der Waals surface area contributed by atoms with E-state index >= 15 is 0 Å². The van der Waals surface area contributed by atoms with E-state index in [0.717, 1.165) is 0 Å². The predicted octanol–water partition coefficient (Wildman–Crippen LogP) is 3.97. The summed E-state index contributed by atoms with van der Waals surface area (Å²) in [5, 5.41) is 13.1. The second kappa shape index (κ2) is 9.59. The SMILES string of the molecule is CCC1(C)CCN(C(=O)Nc2ccc(Oc3ccnc(/C(C=N)=C/NC)c3)c(C)n2)C1=O. The van der Waals surface area contributed by atoms with Crippen molar-refractivity contribution in [2.75, 3.05) is 18.9 Å². The van der Waals surface area contributed by atoms with Gasteiger partial charge in [0.25, 0.3) is 0 Å². The quantitative estimate of drug-likeness (QED) is 0.565. The number of nitrogens with one attached hydrogen (secondary N) is 3. The van der Waals surface area contributed by atoms with Crippen molar-refractivity contribution in [3.63, 3.8) is 0 Å². The summed E-state index contributed by atoms with van der Waals surface area (Å²) in [7, 11) is 1.75. The molecule has 1 aliphatic heterocycles. The van der Waals surface area contributed by atoms with E-state index in [9.17, 15) is 9.59 Å². The van der Waals surface area contributed by atoms with Gasteiger partial charge in [-0.25, -0.2) is 9.78 Å². The molecule has 0 aliphatic carbocycles. The number of hydrogen-bond donors (Lipinski definition) is 3. The molecule has 0 aromatic carbocycles. The number of hydrogen-bond acceptors (Lipinski definition) is 7. The first kappa shape index (κ1) is 22.9. The number of carbonyl (C=O) groups is 2. The Labute approximate surface area is 187 Å². The molecule has 2 aromatic rings. The van der Waals surface area contributed by atoms with Crippen LogP contribution in [0.2, 0.25) is 0 Å². The highest BCUT2D eigenvalue weighted by Gasteiger charge is 2.43. The maximum absolute atomic E-state index is 12.6. The smallest absolute Gasteiger partial charge is 0.329 e. The lowest BCUT2D eigenvalue weighted by Crippen LogP contribution is -2.39. The number of anilines is 1. The summed E-state index contributed by atoms with van der Waals surface area (Å²) >= 11 is 0. The van der Waals surface area contributed by atoms with Crippen LogP contribution in [-0.2, 0) is 4.79 Å². The van der Waals surface area contributed by atoms with Gasteiger partial charge in [-0.15, -0.1) is 0 Å². The summed E-state index contributed by atoms with van der Waals surface area (Å²) in [4.78, 5) is 35.1. The molecular formula is C23H28N6O3. The number of carbonyl (C=O) groups excluding carboxylic acids is 2. The van der Waals surface area contributed by atoms with Gasteiger partial charge in [-0.2, -0.15) is 0 Å². The third-order valence-corrected chi connectivity index (χ3v) is 5.66. The fraction of sp³-hybridized carbons (Fsp3) is 0.348. The van der Waals surface area contributed by atoms with Crippen LogP contribution in [0, 0.1) is 17.7 Å². The third kappa shape index (κ3) is 4.77. The van der Waals surface area contributed by atoms with Crippen molar-refractivity contribution in [1.29, 1.82) is 5.41 Å². The number of amides is 3. The first-order valence-corrected chi connectivity index (χ1v) is 10.4. The monoisotopic (exact) mass is 436 g/mol. The van der Waals surface area contributed by atoms with Gasteiger partial charge in [-0.3, -0.25) is 20.0 Å². The number of allylic oxidation sites excluding steroid dienone is 1. The summed E-state index contributed by atoms with van der Waals surface area (Å²) in [5.74, 6) is 1.25. The van der Waals surface area contributed by atoms with Crippen LogP contribution in [0.3, 0.4) is 0 Å².